The van der Waals surface area contributed by atoms with Gasteiger partial charge in [0, 0.05) is 12.6 Å². The van der Waals surface area contributed by atoms with Crippen molar-refractivity contribution in [3.8, 4) is 0 Å². The zero-order valence-electron chi connectivity index (χ0n) is 22.9. The number of alkyl carbamates (subject to hydrolysis) is 1. The Morgan fingerprint density at radius 2 is 1.69 bits per heavy atom. The smallest absolute Gasteiger partial charge is 0.408 e. The summed E-state index contributed by atoms with van der Waals surface area (Å²) in [5.41, 5.74) is 1.96. The lowest BCUT2D eigenvalue weighted by atomic mass is 9.94. The van der Waals surface area contributed by atoms with Crippen molar-refractivity contribution in [2.45, 2.75) is 110 Å². The quantitative estimate of drug-likeness (QED) is 0.441. The van der Waals surface area contributed by atoms with E-state index in [4.69, 9.17) is 4.74 Å². The van der Waals surface area contributed by atoms with E-state index in [-0.39, 0.29) is 11.9 Å². The van der Waals surface area contributed by atoms with Crippen LogP contribution >= 0.6 is 0 Å². The van der Waals surface area contributed by atoms with Crippen molar-refractivity contribution in [1.29, 1.82) is 0 Å². The molecule has 0 saturated heterocycles. The molecule has 3 amide bonds. The van der Waals surface area contributed by atoms with E-state index in [0.29, 0.717) is 13.0 Å². The molecule has 1 aliphatic rings. The third-order valence-corrected chi connectivity index (χ3v) is 6.28. The van der Waals surface area contributed by atoms with Gasteiger partial charge in [-0.2, -0.15) is 0 Å². The molecule has 1 aromatic rings. The second-order valence-corrected chi connectivity index (χ2v) is 10.9. The molecule has 202 valence electrons. The molecule has 2 unspecified atom stereocenters. The van der Waals surface area contributed by atoms with E-state index in [9.17, 15) is 19.5 Å². The van der Waals surface area contributed by atoms with Gasteiger partial charge in [-0.05, 0) is 59.4 Å². The molecule has 1 saturated carbocycles. The molecule has 0 heterocycles. The maximum absolute atomic E-state index is 13.8. The number of carbonyl (C=O) groups is 3. The number of benzene rings is 1. The lowest BCUT2D eigenvalue weighted by molar-refractivity contribution is -0.143. The maximum atomic E-state index is 13.8. The number of hydrogen-bond donors (Lipinski definition) is 3. The summed E-state index contributed by atoms with van der Waals surface area (Å²) in [6.45, 7) is 10.8. The minimum atomic E-state index is -1.23. The van der Waals surface area contributed by atoms with Gasteiger partial charge in [0.2, 0.25) is 11.8 Å². The molecular formula is C28H45N3O5. The van der Waals surface area contributed by atoms with Crippen LogP contribution in [0.25, 0.3) is 0 Å². The fourth-order valence-electron chi connectivity index (χ4n) is 4.70. The summed E-state index contributed by atoms with van der Waals surface area (Å²) in [4.78, 5) is 41.5. The molecule has 1 aliphatic carbocycles. The van der Waals surface area contributed by atoms with E-state index >= 15 is 0 Å². The molecule has 36 heavy (non-hydrogen) atoms. The van der Waals surface area contributed by atoms with E-state index in [1.54, 1.807) is 20.8 Å². The second kappa shape index (κ2) is 13.6. The van der Waals surface area contributed by atoms with Gasteiger partial charge < -0.3 is 25.4 Å². The van der Waals surface area contributed by atoms with Gasteiger partial charge in [0.05, 0.1) is 6.61 Å². The molecule has 2 rings (SSSR count). The van der Waals surface area contributed by atoms with Gasteiger partial charge in [0.25, 0.3) is 0 Å². The van der Waals surface area contributed by atoms with E-state index in [0.717, 1.165) is 48.8 Å². The van der Waals surface area contributed by atoms with Crippen molar-refractivity contribution < 1.29 is 24.2 Å². The summed E-state index contributed by atoms with van der Waals surface area (Å²) in [6, 6.07) is 3.86. The average Bonchev–Trinajstić information content (AvgIpc) is 2.78. The van der Waals surface area contributed by atoms with E-state index < -0.39 is 36.3 Å². The Morgan fingerprint density at radius 1 is 1.08 bits per heavy atom. The number of amides is 3. The van der Waals surface area contributed by atoms with Crippen molar-refractivity contribution in [2.75, 3.05) is 13.2 Å². The molecule has 1 fully saturated rings. The summed E-state index contributed by atoms with van der Waals surface area (Å²) < 4.78 is 5.29. The van der Waals surface area contributed by atoms with Crippen molar-refractivity contribution in [3.05, 3.63) is 34.9 Å². The molecule has 0 spiro atoms. The van der Waals surface area contributed by atoms with Gasteiger partial charge in [0.1, 0.15) is 17.7 Å². The summed E-state index contributed by atoms with van der Waals surface area (Å²) >= 11 is 0. The lowest BCUT2D eigenvalue weighted by Crippen LogP contribution is -2.55. The topological polar surface area (TPSA) is 108 Å². The number of carbonyl (C=O) groups excluding carboxylic acids is 3. The van der Waals surface area contributed by atoms with Crippen molar-refractivity contribution in [1.82, 2.24) is 15.5 Å². The Kier molecular flexibility index (Phi) is 11.2. The predicted octanol–water partition coefficient (Wildman–Crippen LogP) is 4.31. The van der Waals surface area contributed by atoms with Crippen molar-refractivity contribution in [3.63, 3.8) is 0 Å². The Bertz CT molecular complexity index is 869. The highest BCUT2D eigenvalue weighted by atomic mass is 16.6. The highest BCUT2D eigenvalue weighted by molar-refractivity contribution is 5.92. The van der Waals surface area contributed by atoms with Gasteiger partial charge in [-0.3, -0.25) is 9.59 Å². The summed E-state index contributed by atoms with van der Waals surface area (Å²) in [5.74, 6) is -0.745. The van der Waals surface area contributed by atoms with Crippen LogP contribution in [-0.2, 0) is 14.3 Å². The second-order valence-electron chi connectivity index (χ2n) is 10.9. The number of hydrogen-bond acceptors (Lipinski definition) is 5. The number of nitrogens with zero attached hydrogens (tertiary/aromatic N) is 1. The number of aryl methyl sites for hydroxylation is 2. The van der Waals surface area contributed by atoms with E-state index in [1.807, 2.05) is 39.0 Å². The van der Waals surface area contributed by atoms with Crippen molar-refractivity contribution in [2.24, 2.45) is 0 Å². The molecule has 3 N–H and O–H groups in total. The minimum absolute atomic E-state index is 0.0799. The number of aliphatic hydroxyl groups is 1. The minimum Gasteiger partial charge on any atom is -0.444 e. The maximum Gasteiger partial charge on any atom is 0.408 e. The largest absolute Gasteiger partial charge is 0.444 e. The highest BCUT2D eigenvalue weighted by Gasteiger charge is 2.36. The first-order valence-corrected chi connectivity index (χ1v) is 13.2. The van der Waals surface area contributed by atoms with Crippen LogP contribution in [0, 0.1) is 13.8 Å². The van der Waals surface area contributed by atoms with Crippen LogP contribution < -0.4 is 10.6 Å². The lowest BCUT2D eigenvalue weighted by Gasteiger charge is -2.35. The first-order valence-electron chi connectivity index (χ1n) is 13.2. The number of aliphatic hydroxyl groups excluding tert-OH is 1. The zero-order valence-corrected chi connectivity index (χ0v) is 22.9. The van der Waals surface area contributed by atoms with Crippen LogP contribution in [0.5, 0.6) is 0 Å². The molecular weight excluding hydrogens is 458 g/mol. The zero-order chi connectivity index (χ0) is 26.9. The standard InChI is InChI=1S/C28H45N3O5/c1-7-8-14-31(26(34)23(18-32)30-27(35)36-28(4,5)6)24(21-16-19(2)15-20(3)17-21)25(33)29-22-12-10-9-11-13-22/h15-17,22-24,32H,7-14,18H2,1-6H3,(H,29,33)(H,30,35). The monoisotopic (exact) mass is 503 g/mol. The van der Waals surface area contributed by atoms with Gasteiger partial charge >= 0.3 is 6.09 Å². The van der Waals surface area contributed by atoms with Gasteiger partial charge in [-0.25, -0.2) is 4.79 Å². The third kappa shape index (κ3) is 9.12. The molecule has 0 aromatic heterocycles. The molecule has 0 bridgehead atoms. The molecule has 1 aromatic carbocycles. The van der Waals surface area contributed by atoms with Gasteiger partial charge in [-0.1, -0.05) is 61.9 Å². The first kappa shape index (κ1) is 29.6. The summed E-state index contributed by atoms with van der Waals surface area (Å²) in [6.07, 6.45) is 5.86. The van der Waals surface area contributed by atoms with Crippen LogP contribution in [0.1, 0.15) is 95.4 Å². The fourth-order valence-corrected chi connectivity index (χ4v) is 4.70. The van der Waals surface area contributed by atoms with Crippen LogP contribution in [0.4, 0.5) is 4.79 Å². The van der Waals surface area contributed by atoms with Gasteiger partial charge in [-0.15, -0.1) is 0 Å². The fraction of sp³-hybridized carbons (Fsp3) is 0.679. The number of unbranched alkanes of at least 4 members (excludes halogenated alkanes) is 1. The molecule has 0 radical (unpaired) electrons. The molecule has 8 heteroatoms. The molecule has 0 aliphatic heterocycles. The third-order valence-electron chi connectivity index (χ3n) is 6.28. The van der Waals surface area contributed by atoms with Crippen molar-refractivity contribution >= 4 is 17.9 Å². The summed E-state index contributed by atoms with van der Waals surface area (Å²) in [5, 5.41) is 15.7. The van der Waals surface area contributed by atoms with E-state index in [1.165, 1.54) is 11.3 Å². The Balaban J connectivity index is 2.43. The molecule has 2 atom stereocenters. The van der Waals surface area contributed by atoms with Crippen LogP contribution in [0.15, 0.2) is 18.2 Å². The van der Waals surface area contributed by atoms with Gasteiger partial charge in [0.15, 0.2) is 0 Å². The SMILES string of the molecule is CCCCN(C(=O)C(CO)NC(=O)OC(C)(C)C)C(C(=O)NC1CCCCC1)c1cc(C)cc(C)c1. The normalized spacial score (nSPS) is 16.1. The number of nitrogens with one attached hydrogen (secondary N) is 2. The van der Waals surface area contributed by atoms with Crippen LogP contribution in [0.2, 0.25) is 0 Å². The van der Waals surface area contributed by atoms with Crippen LogP contribution in [0.3, 0.4) is 0 Å². The molecule has 8 nitrogen and oxygen atoms in total. The summed E-state index contributed by atoms with van der Waals surface area (Å²) in [7, 11) is 0. The predicted molar refractivity (Wildman–Crippen MR) is 141 cm³/mol. The Labute approximate surface area is 216 Å². The Hall–Kier alpha value is -2.61. The number of ether oxygens (including phenoxy) is 1. The number of rotatable bonds is 10. The Morgan fingerprint density at radius 3 is 2.22 bits per heavy atom. The highest BCUT2D eigenvalue weighted by Crippen LogP contribution is 2.27. The first-order chi connectivity index (χ1) is 16.9. The average molecular weight is 504 g/mol. The van der Waals surface area contributed by atoms with E-state index in [2.05, 4.69) is 10.6 Å². The van der Waals surface area contributed by atoms with Crippen LogP contribution in [-0.4, -0.2) is 58.8 Å².